The number of aryl methyl sites for hydroxylation is 2. The maximum atomic E-state index is 12.4. The summed E-state index contributed by atoms with van der Waals surface area (Å²) in [5.41, 5.74) is 4.56. The Hall–Kier alpha value is -3.16. The van der Waals surface area contributed by atoms with Gasteiger partial charge in [-0.25, -0.2) is 10.2 Å². The molecule has 2 N–H and O–H groups in total. The lowest BCUT2D eigenvalue weighted by Crippen LogP contribution is -2.29. The smallest absolute Gasteiger partial charge is 0.303 e. The summed E-state index contributed by atoms with van der Waals surface area (Å²) in [5.74, 6) is 0.447. The van der Waals surface area contributed by atoms with Crippen LogP contribution in [0.3, 0.4) is 0 Å². The molecular formula is C19H24N6O2. The number of rotatable bonds is 7. The molecule has 0 unspecified atom stereocenters. The van der Waals surface area contributed by atoms with Gasteiger partial charge in [-0.1, -0.05) is 50.1 Å². The molecule has 0 aliphatic carbocycles. The van der Waals surface area contributed by atoms with Crippen molar-refractivity contribution in [1.82, 2.24) is 19.1 Å². The van der Waals surface area contributed by atoms with E-state index in [9.17, 15) is 9.59 Å². The molecule has 0 spiro atoms. The van der Waals surface area contributed by atoms with Gasteiger partial charge in [0.15, 0.2) is 11.2 Å². The van der Waals surface area contributed by atoms with Crippen molar-refractivity contribution in [2.75, 3.05) is 5.43 Å². The minimum atomic E-state index is -0.485. The molecule has 0 aliphatic heterocycles. The average Bonchev–Trinajstić information content (AvgIpc) is 3.04. The maximum absolute atomic E-state index is 12.4. The average molecular weight is 368 g/mol. The molecule has 1 aromatic carbocycles. The fraction of sp³-hybridized carbons (Fsp3) is 0.368. The fourth-order valence-electron chi connectivity index (χ4n) is 2.94. The quantitative estimate of drug-likeness (QED) is 0.380. The number of nitrogens with one attached hydrogen (secondary N) is 2. The molecule has 0 saturated carbocycles. The molecule has 8 nitrogen and oxygen atoms in total. The second-order valence-electron chi connectivity index (χ2n) is 6.46. The van der Waals surface area contributed by atoms with Crippen LogP contribution in [-0.2, 0) is 13.6 Å². The number of aromatic amines is 1. The van der Waals surface area contributed by atoms with E-state index in [1.165, 1.54) is 4.57 Å². The van der Waals surface area contributed by atoms with Crippen molar-refractivity contribution in [3.05, 3.63) is 56.7 Å². The van der Waals surface area contributed by atoms with E-state index in [1.54, 1.807) is 11.6 Å². The summed E-state index contributed by atoms with van der Waals surface area (Å²) in [6, 6.07) is 9.79. The zero-order chi connectivity index (χ0) is 19.4. The van der Waals surface area contributed by atoms with Crippen molar-refractivity contribution in [2.45, 2.75) is 39.7 Å². The third kappa shape index (κ3) is 3.84. The highest BCUT2D eigenvalue weighted by atomic mass is 16.2. The molecular weight excluding hydrogens is 344 g/mol. The lowest BCUT2D eigenvalue weighted by atomic mass is 10.1. The number of anilines is 1. The van der Waals surface area contributed by atoms with Gasteiger partial charge in [-0.15, -0.1) is 0 Å². The molecule has 2 aromatic heterocycles. The minimum absolute atomic E-state index is 0.343. The van der Waals surface area contributed by atoms with Crippen molar-refractivity contribution in [3.63, 3.8) is 0 Å². The first-order valence-electron chi connectivity index (χ1n) is 9.08. The summed E-state index contributed by atoms with van der Waals surface area (Å²) in [4.78, 5) is 31.1. The summed E-state index contributed by atoms with van der Waals surface area (Å²) in [7, 11) is 1.59. The van der Waals surface area contributed by atoms with Crippen LogP contribution >= 0.6 is 0 Å². The van der Waals surface area contributed by atoms with Crippen LogP contribution in [0.1, 0.15) is 38.7 Å². The number of aromatic nitrogens is 4. The van der Waals surface area contributed by atoms with Crippen LogP contribution in [0.15, 0.2) is 45.0 Å². The number of hydrazone groups is 1. The SMILES string of the molecule is CCCCCn1c(N/N=C(\C)c2ccccc2)nc2c1c(=O)[nH]c(=O)n2C. The topological polar surface area (TPSA) is 97.1 Å². The fourth-order valence-corrected chi connectivity index (χ4v) is 2.94. The molecule has 0 fully saturated rings. The lowest BCUT2D eigenvalue weighted by molar-refractivity contribution is 0.615. The number of fused-ring (bicyclic) bond motifs is 1. The highest BCUT2D eigenvalue weighted by Crippen LogP contribution is 2.17. The molecule has 142 valence electrons. The number of H-pyrrole nitrogens is 1. The minimum Gasteiger partial charge on any atom is -0.303 e. The zero-order valence-corrected chi connectivity index (χ0v) is 15.8. The zero-order valence-electron chi connectivity index (χ0n) is 15.8. The number of unbranched alkanes of at least 4 members (excludes halogenated alkanes) is 2. The van der Waals surface area contributed by atoms with Gasteiger partial charge in [-0.05, 0) is 18.9 Å². The van der Waals surface area contributed by atoms with Crippen LogP contribution in [0.2, 0.25) is 0 Å². The largest absolute Gasteiger partial charge is 0.329 e. The van der Waals surface area contributed by atoms with Gasteiger partial charge < -0.3 is 4.57 Å². The molecule has 0 saturated heterocycles. The van der Waals surface area contributed by atoms with Gasteiger partial charge in [-0.3, -0.25) is 14.3 Å². The van der Waals surface area contributed by atoms with E-state index in [0.29, 0.717) is 23.7 Å². The molecule has 0 atom stereocenters. The summed E-state index contributed by atoms with van der Waals surface area (Å²) < 4.78 is 3.14. The third-order valence-electron chi connectivity index (χ3n) is 4.51. The first-order valence-corrected chi connectivity index (χ1v) is 9.08. The molecule has 0 radical (unpaired) electrons. The van der Waals surface area contributed by atoms with Gasteiger partial charge in [0, 0.05) is 13.6 Å². The van der Waals surface area contributed by atoms with Crippen molar-refractivity contribution < 1.29 is 0 Å². The Kier molecular flexibility index (Phi) is 5.54. The molecule has 3 aromatic rings. The summed E-state index contributed by atoms with van der Waals surface area (Å²) in [5, 5.41) is 4.41. The second kappa shape index (κ2) is 8.03. The monoisotopic (exact) mass is 368 g/mol. The van der Waals surface area contributed by atoms with Crippen LogP contribution < -0.4 is 16.7 Å². The predicted molar refractivity (Wildman–Crippen MR) is 107 cm³/mol. The van der Waals surface area contributed by atoms with Gasteiger partial charge in [-0.2, -0.15) is 10.1 Å². The molecule has 2 heterocycles. The van der Waals surface area contributed by atoms with Crippen LogP contribution in [0.5, 0.6) is 0 Å². The van der Waals surface area contributed by atoms with Crippen LogP contribution in [0, 0.1) is 0 Å². The van der Waals surface area contributed by atoms with Crippen molar-refractivity contribution >= 4 is 22.8 Å². The standard InChI is InChI=1S/C19H24N6O2/c1-4-5-9-12-25-15-16(24(3)19(27)21-17(15)26)20-18(25)23-22-13(2)14-10-7-6-8-11-14/h6-8,10-11H,4-5,9,12H2,1-3H3,(H,20,23)(H,21,26,27)/b22-13+. The van der Waals surface area contributed by atoms with Crippen molar-refractivity contribution in [3.8, 4) is 0 Å². The van der Waals surface area contributed by atoms with E-state index < -0.39 is 11.2 Å². The van der Waals surface area contributed by atoms with Crippen molar-refractivity contribution in [2.24, 2.45) is 12.1 Å². The first-order chi connectivity index (χ1) is 13.0. The molecule has 27 heavy (non-hydrogen) atoms. The van der Waals surface area contributed by atoms with Crippen LogP contribution in [0.25, 0.3) is 11.2 Å². The number of hydrogen-bond donors (Lipinski definition) is 2. The Morgan fingerprint density at radius 2 is 1.96 bits per heavy atom. The van der Waals surface area contributed by atoms with Gasteiger partial charge in [0.1, 0.15) is 0 Å². The van der Waals surface area contributed by atoms with E-state index in [1.807, 2.05) is 37.3 Å². The first kappa shape index (κ1) is 18.6. The summed E-state index contributed by atoms with van der Waals surface area (Å²) >= 11 is 0. The van der Waals surface area contributed by atoms with Gasteiger partial charge in [0.2, 0.25) is 5.95 Å². The summed E-state index contributed by atoms with van der Waals surface area (Å²) in [6.45, 7) is 4.64. The van der Waals surface area contributed by atoms with E-state index in [4.69, 9.17) is 0 Å². The molecule has 0 aliphatic rings. The van der Waals surface area contributed by atoms with E-state index in [2.05, 4.69) is 27.4 Å². The van der Waals surface area contributed by atoms with E-state index >= 15 is 0 Å². The Morgan fingerprint density at radius 1 is 1.22 bits per heavy atom. The van der Waals surface area contributed by atoms with Gasteiger partial charge >= 0.3 is 5.69 Å². The Balaban J connectivity index is 2.04. The van der Waals surface area contributed by atoms with Gasteiger partial charge in [0.25, 0.3) is 5.56 Å². The highest BCUT2D eigenvalue weighted by molar-refractivity contribution is 5.99. The van der Waals surface area contributed by atoms with E-state index in [-0.39, 0.29) is 0 Å². The predicted octanol–water partition coefficient (Wildman–Crippen LogP) is 2.45. The second-order valence-corrected chi connectivity index (χ2v) is 6.46. The Morgan fingerprint density at radius 3 is 2.67 bits per heavy atom. The Labute approximate surface area is 156 Å². The molecule has 3 rings (SSSR count). The maximum Gasteiger partial charge on any atom is 0.329 e. The summed E-state index contributed by atoms with van der Waals surface area (Å²) in [6.07, 6.45) is 3.00. The van der Waals surface area contributed by atoms with E-state index in [0.717, 1.165) is 30.5 Å². The lowest BCUT2D eigenvalue weighted by Gasteiger charge is -2.08. The van der Waals surface area contributed by atoms with Crippen molar-refractivity contribution in [1.29, 1.82) is 0 Å². The normalized spacial score (nSPS) is 11.9. The number of imidazole rings is 1. The number of benzene rings is 1. The Bertz CT molecular complexity index is 1080. The van der Waals surface area contributed by atoms with Crippen LogP contribution in [-0.4, -0.2) is 24.8 Å². The third-order valence-corrected chi connectivity index (χ3v) is 4.51. The molecule has 0 amide bonds. The molecule has 0 bridgehead atoms. The number of hydrogen-bond acceptors (Lipinski definition) is 5. The van der Waals surface area contributed by atoms with Crippen LogP contribution in [0.4, 0.5) is 5.95 Å². The molecule has 8 heteroatoms. The number of nitrogens with zero attached hydrogens (tertiary/aromatic N) is 4. The highest BCUT2D eigenvalue weighted by Gasteiger charge is 2.17. The van der Waals surface area contributed by atoms with Gasteiger partial charge in [0.05, 0.1) is 5.71 Å².